The van der Waals surface area contributed by atoms with Crippen LogP contribution in [0.4, 0.5) is 0 Å². The van der Waals surface area contributed by atoms with Gasteiger partial charge in [0.2, 0.25) is 15.9 Å². The Morgan fingerprint density at radius 1 is 1.47 bits per heavy atom. The number of hydrogen-bond acceptors (Lipinski definition) is 4. The fourth-order valence-corrected chi connectivity index (χ4v) is 2.98. The largest absolute Gasteiger partial charge is 0.343 e. The molecule has 0 saturated carbocycles. The van der Waals surface area contributed by atoms with E-state index < -0.39 is 10.0 Å². The first-order valence-corrected chi connectivity index (χ1v) is 7.24. The van der Waals surface area contributed by atoms with Gasteiger partial charge in [0.1, 0.15) is 6.54 Å². The second kappa shape index (κ2) is 5.98. The number of sulfonamides is 1. The molecular weight excluding hydrogens is 242 g/mol. The van der Waals surface area contributed by atoms with Gasteiger partial charge in [-0.1, -0.05) is 0 Å². The molecule has 1 heterocycles. The number of nitriles is 1. The minimum Gasteiger partial charge on any atom is -0.343 e. The van der Waals surface area contributed by atoms with E-state index in [0.29, 0.717) is 25.9 Å². The van der Waals surface area contributed by atoms with Crippen LogP contribution < -0.4 is 5.32 Å². The maximum atomic E-state index is 11.6. The molecule has 1 saturated heterocycles. The van der Waals surface area contributed by atoms with E-state index in [2.05, 4.69) is 5.32 Å². The highest BCUT2D eigenvalue weighted by Crippen LogP contribution is 2.19. The van der Waals surface area contributed by atoms with Crippen molar-refractivity contribution >= 4 is 15.9 Å². The fraction of sp³-hybridized carbons (Fsp3) is 0.800. The van der Waals surface area contributed by atoms with Crippen molar-refractivity contribution in [2.45, 2.75) is 19.8 Å². The Labute approximate surface area is 102 Å². The topological polar surface area (TPSA) is 90.3 Å². The Kier molecular flexibility index (Phi) is 4.90. The number of nitrogens with one attached hydrogen (secondary N) is 1. The number of carbonyl (C=O) groups is 1. The number of piperidine rings is 1. The molecule has 0 unspecified atom stereocenters. The van der Waals surface area contributed by atoms with Crippen molar-refractivity contribution in [3.63, 3.8) is 0 Å². The van der Waals surface area contributed by atoms with Crippen LogP contribution in [-0.4, -0.2) is 44.0 Å². The van der Waals surface area contributed by atoms with Crippen molar-refractivity contribution in [1.29, 1.82) is 5.26 Å². The molecule has 1 aliphatic heterocycles. The van der Waals surface area contributed by atoms with Gasteiger partial charge in [-0.25, -0.2) is 12.7 Å². The molecule has 1 aliphatic rings. The lowest BCUT2D eigenvalue weighted by molar-refractivity contribution is -0.125. The molecule has 17 heavy (non-hydrogen) atoms. The molecule has 96 valence electrons. The van der Waals surface area contributed by atoms with Gasteiger partial charge in [-0.3, -0.25) is 4.79 Å². The van der Waals surface area contributed by atoms with Crippen LogP contribution in [0, 0.1) is 17.2 Å². The summed E-state index contributed by atoms with van der Waals surface area (Å²) in [5.41, 5.74) is 0. The zero-order valence-corrected chi connectivity index (χ0v) is 10.7. The van der Waals surface area contributed by atoms with Crippen LogP contribution in [0.2, 0.25) is 0 Å². The maximum Gasteiger partial charge on any atom is 0.224 e. The van der Waals surface area contributed by atoms with Crippen LogP contribution in [0.3, 0.4) is 0 Å². The minimum absolute atomic E-state index is 0.00626. The first kappa shape index (κ1) is 13.9. The van der Waals surface area contributed by atoms with E-state index in [1.54, 1.807) is 6.92 Å². The molecule has 0 bridgehead atoms. The summed E-state index contributed by atoms with van der Waals surface area (Å²) in [5.74, 6) is -0.232. The van der Waals surface area contributed by atoms with E-state index in [1.165, 1.54) is 4.31 Å². The molecule has 1 N–H and O–H groups in total. The zero-order valence-electron chi connectivity index (χ0n) is 9.85. The highest BCUT2D eigenvalue weighted by atomic mass is 32.2. The number of carbonyl (C=O) groups excluding carboxylic acids is 1. The first-order chi connectivity index (χ1) is 8.01. The van der Waals surface area contributed by atoms with Crippen molar-refractivity contribution in [3.8, 4) is 6.07 Å². The maximum absolute atomic E-state index is 11.6. The molecule has 1 fully saturated rings. The van der Waals surface area contributed by atoms with Crippen molar-refractivity contribution < 1.29 is 13.2 Å². The molecule has 0 aliphatic carbocycles. The highest BCUT2D eigenvalue weighted by molar-refractivity contribution is 7.89. The van der Waals surface area contributed by atoms with Gasteiger partial charge in [0.15, 0.2) is 0 Å². The quantitative estimate of drug-likeness (QED) is 0.701. The monoisotopic (exact) mass is 259 g/mol. The Morgan fingerprint density at radius 3 is 2.53 bits per heavy atom. The van der Waals surface area contributed by atoms with E-state index in [0.717, 1.165) is 0 Å². The molecule has 0 atom stereocenters. The number of rotatable bonds is 4. The van der Waals surface area contributed by atoms with Crippen molar-refractivity contribution in [2.75, 3.05) is 25.4 Å². The lowest BCUT2D eigenvalue weighted by atomic mass is 9.97. The number of nitrogens with zero attached hydrogens (tertiary/aromatic N) is 2. The predicted molar refractivity (Wildman–Crippen MR) is 62.4 cm³/mol. The summed E-state index contributed by atoms with van der Waals surface area (Å²) in [4.78, 5) is 11.6. The van der Waals surface area contributed by atoms with Gasteiger partial charge < -0.3 is 5.32 Å². The van der Waals surface area contributed by atoms with Gasteiger partial charge in [0, 0.05) is 19.0 Å². The Hall–Kier alpha value is -1.13. The first-order valence-electron chi connectivity index (χ1n) is 5.63. The van der Waals surface area contributed by atoms with Gasteiger partial charge in [-0.15, -0.1) is 0 Å². The molecule has 0 spiro atoms. The molecule has 7 heteroatoms. The van der Waals surface area contributed by atoms with Crippen LogP contribution in [0.1, 0.15) is 19.8 Å². The van der Waals surface area contributed by atoms with E-state index >= 15 is 0 Å². The molecule has 0 aromatic rings. The Morgan fingerprint density at radius 2 is 2.06 bits per heavy atom. The van der Waals surface area contributed by atoms with E-state index in [1.807, 2.05) is 6.07 Å². The van der Waals surface area contributed by atoms with Gasteiger partial charge in [-0.2, -0.15) is 5.26 Å². The smallest absolute Gasteiger partial charge is 0.224 e. The van der Waals surface area contributed by atoms with Crippen LogP contribution in [0.5, 0.6) is 0 Å². The standard InChI is InChI=1S/C10H17N3O3S/c1-2-17(15,16)13-7-3-9(4-8-13)10(14)12-6-5-11/h9H,2-4,6-8H2,1H3,(H,12,14). The van der Waals surface area contributed by atoms with Crippen molar-refractivity contribution in [3.05, 3.63) is 0 Å². The SMILES string of the molecule is CCS(=O)(=O)N1CCC(C(=O)NCC#N)CC1. The number of hydrogen-bond donors (Lipinski definition) is 1. The minimum atomic E-state index is -3.14. The summed E-state index contributed by atoms with van der Waals surface area (Å²) in [6.45, 7) is 2.40. The van der Waals surface area contributed by atoms with Gasteiger partial charge in [0.05, 0.1) is 11.8 Å². The van der Waals surface area contributed by atoms with Crippen molar-refractivity contribution in [2.24, 2.45) is 5.92 Å². The normalized spacial score (nSPS) is 18.6. The summed E-state index contributed by atoms with van der Waals surface area (Å²) in [6, 6.07) is 1.84. The average Bonchev–Trinajstić information content (AvgIpc) is 2.36. The lowest BCUT2D eigenvalue weighted by Gasteiger charge is -2.30. The Balaban J connectivity index is 2.46. The molecule has 6 nitrogen and oxygen atoms in total. The third-order valence-electron chi connectivity index (χ3n) is 2.92. The summed E-state index contributed by atoms with van der Waals surface area (Å²) < 4.78 is 24.6. The van der Waals surface area contributed by atoms with E-state index in [4.69, 9.17) is 5.26 Å². The average molecular weight is 259 g/mol. The highest BCUT2D eigenvalue weighted by Gasteiger charge is 2.29. The third-order valence-corrected chi connectivity index (χ3v) is 4.81. The summed E-state index contributed by atoms with van der Waals surface area (Å²) in [6.07, 6.45) is 1.05. The molecule has 1 rings (SSSR count). The van der Waals surface area contributed by atoms with Crippen LogP contribution >= 0.6 is 0 Å². The molecule has 1 amide bonds. The molecule has 0 aromatic heterocycles. The summed E-state index contributed by atoms with van der Waals surface area (Å²) in [7, 11) is -3.14. The van der Waals surface area contributed by atoms with Crippen LogP contribution in [0.25, 0.3) is 0 Å². The number of amides is 1. The lowest BCUT2D eigenvalue weighted by Crippen LogP contribution is -2.43. The second-order valence-corrected chi connectivity index (χ2v) is 6.21. The van der Waals surface area contributed by atoms with Crippen LogP contribution in [-0.2, 0) is 14.8 Å². The second-order valence-electron chi connectivity index (χ2n) is 3.95. The van der Waals surface area contributed by atoms with E-state index in [9.17, 15) is 13.2 Å². The molecule has 0 aromatic carbocycles. The molecular formula is C10H17N3O3S. The van der Waals surface area contributed by atoms with Gasteiger partial charge >= 0.3 is 0 Å². The summed E-state index contributed by atoms with van der Waals surface area (Å²) >= 11 is 0. The zero-order chi connectivity index (χ0) is 12.9. The van der Waals surface area contributed by atoms with Crippen LogP contribution in [0.15, 0.2) is 0 Å². The predicted octanol–water partition coefficient (Wildman–Crippen LogP) is -0.312. The van der Waals surface area contributed by atoms with Gasteiger partial charge in [0.25, 0.3) is 0 Å². The molecule has 0 radical (unpaired) electrons. The summed E-state index contributed by atoms with van der Waals surface area (Å²) in [5, 5.41) is 10.8. The van der Waals surface area contributed by atoms with Crippen molar-refractivity contribution in [1.82, 2.24) is 9.62 Å². The van der Waals surface area contributed by atoms with Gasteiger partial charge in [-0.05, 0) is 19.8 Å². The van der Waals surface area contributed by atoms with E-state index in [-0.39, 0.29) is 24.1 Å². The fourth-order valence-electron chi connectivity index (χ4n) is 1.85. The Bertz CT molecular complexity index is 405. The third kappa shape index (κ3) is 3.68.